The number of thiazole rings is 1. The first-order valence-corrected chi connectivity index (χ1v) is 5.51. The molecular weight excluding hydrogens is 204 g/mol. The molecule has 2 aromatic rings. The highest BCUT2D eigenvalue weighted by molar-refractivity contribution is 7.10. The molecule has 0 amide bonds. The van der Waals surface area contributed by atoms with E-state index in [2.05, 4.69) is 37.0 Å². The van der Waals surface area contributed by atoms with Crippen molar-refractivity contribution in [2.45, 2.75) is 13.8 Å². The van der Waals surface area contributed by atoms with Crippen LogP contribution in [0.1, 0.15) is 16.0 Å². The highest BCUT2D eigenvalue weighted by atomic mass is 32.1. The van der Waals surface area contributed by atoms with Crippen molar-refractivity contribution in [2.75, 3.05) is 0 Å². The average Bonchev–Trinajstić information content (AvgIpc) is 2.70. The molecule has 0 aliphatic heterocycles. The van der Waals surface area contributed by atoms with E-state index in [9.17, 15) is 0 Å². The fourth-order valence-electron chi connectivity index (χ4n) is 1.42. The molecule has 0 spiro atoms. The fraction of sp³-hybridized carbons (Fsp3) is 0.167. The van der Waals surface area contributed by atoms with Gasteiger partial charge in [-0.25, -0.2) is 4.98 Å². The number of hydrogen-bond acceptors (Lipinski definition) is 3. The quantitative estimate of drug-likeness (QED) is 0.730. The van der Waals surface area contributed by atoms with Crippen LogP contribution in [0, 0.1) is 25.2 Å². The zero-order valence-corrected chi connectivity index (χ0v) is 9.43. The summed E-state index contributed by atoms with van der Waals surface area (Å²) in [7, 11) is 0. The van der Waals surface area contributed by atoms with Gasteiger partial charge < -0.3 is 0 Å². The molecule has 2 rings (SSSR count). The minimum absolute atomic E-state index is 0.679. The first-order valence-electron chi connectivity index (χ1n) is 4.63. The van der Waals surface area contributed by atoms with E-state index in [1.54, 1.807) is 5.51 Å². The van der Waals surface area contributed by atoms with Gasteiger partial charge in [0.2, 0.25) is 0 Å². The molecule has 0 atom stereocenters. The maximum Gasteiger partial charge on any atom is 0.132 e. The zero-order valence-electron chi connectivity index (χ0n) is 8.61. The molecule has 1 aromatic carbocycles. The van der Waals surface area contributed by atoms with Gasteiger partial charge in [0.05, 0.1) is 11.2 Å². The number of aryl methyl sites for hydroxylation is 2. The number of aromatic nitrogens is 1. The number of rotatable bonds is 1. The molecule has 0 bridgehead atoms. The van der Waals surface area contributed by atoms with Gasteiger partial charge in [0, 0.05) is 5.56 Å². The van der Waals surface area contributed by atoms with Gasteiger partial charge in [0.15, 0.2) is 0 Å². The Hall–Kier alpha value is -1.66. The predicted octanol–water partition coefficient (Wildman–Crippen LogP) is 3.30. The Kier molecular flexibility index (Phi) is 2.53. The van der Waals surface area contributed by atoms with Crippen LogP contribution >= 0.6 is 11.3 Å². The molecule has 0 saturated carbocycles. The van der Waals surface area contributed by atoms with Gasteiger partial charge in [0.25, 0.3) is 0 Å². The van der Waals surface area contributed by atoms with Crippen LogP contribution in [0.5, 0.6) is 0 Å². The van der Waals surface area contributed by atoms with Crippen molar-refractivity contribution in [3.63, 3.8) is 0 Å². The third-order valence-corrected chi connectivity index (χ3v) is 3.18. The summed E-state index contributed by atoms with van der Waals surface area (Å²) in [5.74, 6) is 0. The van der Waals surface area contributed by atoms with Gasteiger partial charge in [-0.1, -0.05) is 12.1 Å². The molecule has 0 aliphatic carbocycles. The predicted molar refractivity (Wildman–Crippen MR) is 61.7 cm³/mol. The van der Waals surface area contributed by atoms with Crippen LogP contribution in [0.3, 0.4) is 0 Å². The molecule has 2 nitrogen and oxygen atoms in total. The van der Waals surface area contributed by atoms with Gasteiger partial charge in [-0.15, -0.1) is 11.3 Å². The van der Waals surface area contributed by atoms with Crippen LogP contribution < -0.4 is 0 Å². The second-order valence-corrected chi connectivity index (χ2v) is 4.30. The Balaban J connectivity index is 2.56. The molecule has 3 heteroatoms. The van der Waals surface area contributed by atoms with Gasteiger partial charge in [0.1, 0.15) is 10.9 Å². The number of nitriles is 1. The Bertz CT molecular complexity index is 535. The second-order valence-electron chi connectivity index (χ2n) is 3.44. The summed E-state index contributed by atoms with van der Waals surface area (Å²) in [6.07, 6.45) is 0. The lowest BCUT2D eigenvalue weighted by Gasteiger charge is -2.02. The molecule has 15 heavy (non-hydrogen) atoms. The molecule has 0 unspecified atom stereocenters. The van der Waals surface area contributed by atoms with Crippen molar-refractivity contribution in [3.8, 4) is 17.3 Å². The summed E-state index contributed by atoms with van der Waals surface area (Å²) in [4.78, 5) is 4.90. The zero-order chi connectivity index (χ0) is 10.8. The standard InChI is InChI=1S/C12H10N2S/c1-8-3-4-10(5-9(8)2)12-11(6-13)15-7-14-12/h3-5,7H,1-2H3. The second kappa shape index (κ2) is 3.84. The highest BCUT2D eigenvalue weighted by Gasteiger charge is 2.08. The Morgan fingerprint density at radius 2 is 2.07 bits per heavy atom. The summed E-state index contributed by atoms with van der Waals surface area (Å²) in [6.45, 7) is 4.14. The molecule has 0 saturated heterocycles. The van der Waals surface area contributed by atoms with Gasteiger partial charge in [-0.2, -0.15) is 5.26 Å². The van der Waals surface area contributed by atoms with Gasteiger partial charge >= 0.3 is 0 Å². The van der Waals surface area contributed by atoms with E-state index in [0.29, 0.717) is 4.88 Å². The van der Waals surface area contributed by atoms with Gasteiger partial charge in [-0.3, -0.25) is 0 Å². The molecule has 0 N–H and O–H groups in total. The molecule has 1 heterocycles. The van der Waals surface area contributed by atoms with Crippen molar-refractivity contribution in [2.24, 2.45) is 0 Å². The van der Waals surface area contributed by atoms with Crippen molar-refractivity contribution in [1.82, 2.24) is 4.98 Å². The number of nitrogens with zero attached hydrogens (tertiary/aromatic N) is 2. The smallest absolute Gasteiger partial charge is 0.132 e. The maximum atomic E-state index is 8.91. The number of hydrogen-bond donors (Lipinski definition) is 0. The first kappa shape index (κ1) is 9.88. The van der Waals surface area contributed by atoms with Crippen LogP contribution in [0.4, 0.5) is 0 Å². The van der Waals surface area contributed by atoms with Crippen molar-refractivity contribution < 1.29 is 0 Å². The summed E-state index contributed by atoms with van der Waals surface area (Å²) in [5.41, 5.74) is 6.02. The summed E-state index contributed by atoms with van der Waals surface area (Å²) in [5, 5.41) is 8.91. The van der Waals surface area contributed by atoms with E-state index < -0.39 is 0 Å². The highest BCUT2D eigenvalue weighted by Crippen LogP contribution is 2.26. The maximum absolute atomic E-state index is 8.91. The van der Waals surface area contributed by atoms with E-state index in [1.165, 1.54) is 22.5 Å². The van der Waals surface area contributed by atoms with E-state index in [4.69, 9.17) is 5.26 Å². The Labute approximate surface area is 92.8 Å². The third-order valence-electron chi connectivity index (χ3n) is 2.45. The van der Waals surface area contributed by atoms with Crippen LogP contribution in [-0.4, -0.2) is 4.98 Å². The lowest BCUT2D eigenvalue weighted by atomic mass is 10.0. The normalized spacial score (nSPS) is 9.93. The first-order chi connectivity index (χ1) is 7.22. The van der Waals surface area contributed by atoms with E-state index in [1.807, 2.05) is 6.07 Å². The van der Waals surface area contributed by atoms with Gasteiger partial charge in [-0.05, 0) is 31.0 Å². The van der Waals surface area contributed by atoms with Crippen LogP contribution in [0.2, 0.25) is 0 Å². The molecule has 1 aromatic heterocycles. The largest absolute Gasteiger partial charge is 0.243 e. The van der Waals surface area contributed by atoms with Crippen molar-refractivity contribution in [3.05, 3.63) is 39.7 Å². The fourth-order valence-corrected chi connectivity index (χ4v) is 2.02. The van der Waals surface area contributed by atoms with E-state index >= 15 is 0 Å². The number of benzene rings is 1. The Morgan fingerprint density at radius 3 is 2.73 bits per heavy atom. The summed E-state index contributed by atoms with van der Waals surface area (Å²) >= 11 is 1.38. The average molecular weight is 214 g/mol. The van der Waals surface area contributed by atoms with E-state index in [0.717, 1.165) is 11.3 Å². The lowest BCUT2D eigenvalue weighted by Crippen LogP contribution is -1.85. The SMILES string of the molecule is Cc1ccc(-c2ncsc2C#N)cc1C. The molecule has 0 radical (unpaired) electrons. The lowest BCUT2D eigenvalue weighted by molar-refractivity contribution is 1.32. The minimum atomic E-state index is 0.679. The minimum Gasteiger partial charge on any atom is -0.243 e. The molecule has 0 aliphatic rings. The van der Waals surface area contributed by atoms with Crippen molar-refractivity contribution in [1.29, 1.82) is 5.26 Å². The van der Waals surface area contributed by atoms with Crippen LogP contribution in [-0.2, 0) is 0 Å². The van der Waals surface area contributed by atoms with Crippen LogP contribution in [0.15, 0.2) is 23.7 Å². The van der Waals surface area contributed by atoms with E-state index in [-0.39, 0.29) is 0 Å². The molecule has 74 valence electrons. The monoisotopic (exact) mass is 214 g/mol. The summed E-state index contributed by atoms with van der Waals surface area (Å²) in [6, 6.07) is 8.31. The Morgan fingerprint density at radius 1 is 1.27 bits per heavy atom. The van der Waals surface area contributed by atoms with Crippen LogP contribution in [0.25, 0.3) is 11.3 Å². The molecular formula is C12H10N2S. The molecule has 0 fully saturated rings. The third kappa shape index (κ3) is 1.77. The summed E-state index contributed by atoms with van der Waals surface area (Å²) < 4.78 is 0. The topological polar surface area (TPSA) is 36.7 Å². The van der Waals surface area contributed by atoms with Crippen molar-refractivity contribution >= 4 is 11.3 Å².